The number of carbonyl (C=O) groups is 1. The van der Waals surface area contributed by atoms with Crippen LogP contribution in [0.25, 0.3) is 0 Å². The van der Waals surface area contributed by atoms with Crippen LogP contribution in [0.15, 0.2) is 28.8 Å². The van der Waals surface area contributed by atoms with Gasteiger partial charge >= 0.3 is 0 Å². The zero-order chi connectivity index (χ0) is 17.9. The first kappa shape index (κ1) is 17.0. The van der Waals surface area contributed by atoms with Crippen LogP contribution in [0.2, 0.25) is 0 Å². The lowest BCUT2D eigenvalue weighted by molar-refractivity contribution is 0.0924. The fourth-order valence-corrected chi connectivity index (χ4v) is 3.79. The summed E-state index contributed by atoms with van der Waals surface area (Å²) in [7, 11) is 0. The first-order chi connectivity index (χ1) is 12.7. The topological polar surface area (TPSA) is 89.3 Å². The van der Waals surface area contributed by atoms with Crippen molar-refractivity contribution in [3.63, 3.8) is 0 Å². The summed E-state index contributed by atoms with van der Waals surface area (Å²) in [6, 6.07) is 8.55. The molecule has 7 heteroatoms. The molecule has 1 aromatic carbocycles. The van der Waals surface area contributed by atoms with Crippen molar-refractivity contribution < 1.29 is 14.1 Å². The van der Waals surface area contributed by atoms with Gasteiger partial charge in [-0.15, -0.1) is 0 Å². The molecular formula is C19H24N4O3. The fourth-order valence-electron chi connectivity index (χ4n) is 3.79. The van der Waals surface area contributed by atoms with Crippen LogP contribution in [0.4, 0.5) is 0 Å². The average Bonchev–Trinajstić information content (AvgIpc) is 3.26. The molecule has 4 rings (SSSR count). The van der Waals surface area contributed by atoms with Gasteiger partial charge in [-0.3, -0.25) is 4.79 Å². The molecule has 1 aromatic heterocycles. The maximum atomic E-state index is 12.5. The minimum absolute atomic E-state index is 0.0198. The largest absolute Gasteiger partial charge is 0.485 e. The van der Waals surface area contributed by atoms with E-state index >= 15 is 0 Å². The van der Waals surface area contributed by atoms with E-state index in [9.17, 15) is 4.79 Å². The van der Waals surface area contributed by atoms with Gasteiger partial charge in [-0.1, -0.05) is 12.1 Å². The molecule has 7 nitrogen and oxygen atoms in total. The van der Waals surface area contributed by atoms with Gasteiger partial charge in [0, 0.05) is 30.1 Å². The van der Waals surface area contributed by atoms with Gasteiger partial charge < -0.3 is 19.9 Å². The van der Waals surface area contributed by atoms with Crippen LogP contribution in [-0.4, -0.2) is 34.2 Å². The van der Waals surface area contributed by atoms with E-state index in [2.05, 4.69) is 20.8 Å². The van der Waals surface area contributed by atoms with Crippen molar-refractivity contribution in [2.75, 3.05) is 0 Å². The van der Waals surface area contributed by atoms with Crippen molar-refractivity contribution in [1.29, 1.82) is 0 Å². The summed E-state index contributed by atoms with van der Waals surface area (Å²) < 4.78 is 10.7. The summed E-state index contributed by atoms with van der Waals surface area (Å²) in [5, 5.41) is 10.6. The third-order valence-electron chi connectivity index (χ3n) is 5.11. The van der Waals surface area contributed by atoms with Gasteiger partial charge in [0.15, 0.2) is 6.61 Å². The smallest absolute Gasteiger partial charge is 0.251 e. The fraction of sp³-hybridized carbons (Fsp3) is 0.526. The Hall–Kier alpha value is -2.41. The minimum Gasteiger partial charge on any atom is -0.485 e. The predicted molar refractivity (Wildman–Crippen MR) is 94.9 cm³/mol. The number of nitrogens with one attached hydrogen (secondary N) is 2. The lowest BCUT2D eigenvalue weighted by Gasteiger charge is -2.29. The van der Waals surface area contributed by atoms with E-state index in [1.54, 1.807) is 24.3 Å². The summed E-state index contributed by atoms with van der Waals surface area (Å²) in [4.78, 5) is 16.7. The Balaban J connectivity index is 1.29. The normalized spacial score (nSPS) is 24.4. The molecule has 2 aliphatic rings. The highest BCUT2D eigenvalue weighted by Gasteiger charge is 2.34. The maximum Gasteiger partial charge on any atom is 0.251 e. The number of hydrogen-bond acceptors (Lipinski definition) is 6. The van der Waals surface area contributed by atoms with E-state index in [1.165, 1.54) is 12.8 Å². The lowest BCUT2D eigenvalue weighted by atomic mass is 9.99. The first-order valence-corrected chi connectivity index (χ1v) is 9.31. The van der Waals surface area contributed by atoms with Crippen LogP contribution < -0.4 is 15.4 Å². The molecule has 2 aliphatic heterocycles. The number of aryl methyl sites for hydroxylation is 1. The Morgan fingerprint density at radius 2 is 2.00 bits per heavy atom. The molecule has 0 aliphatic carbocycles. The Morgan fingerprint density at radius 3 is 2.65 bits per heavy atom. The zero-order valence-corrected chi connectivity index (χ0v) is 14.9. The van der Waals surface area contributed by atoms with Crippen molar-refractivity contribution >= 4 is 5.91 Å². The number of ether oxygens (including phenoxy) is 1. The highest BCUT2D eigenvalue weighted by molar-refractivity contribution is 5.94. The molecule has 1 amide bonds. The number of carbonyl (C=O) groups excluding carboxylic acids is 1. The minimum atomic E-state index is -0.0198. The molecule has 2 atom stereocenters. The molecule has 3 heterocycles. The average molecular weight is 356 g/mol. The Bertz CT molecular complexity index is 746. The van der Waals surface area contributed by atoms with E-state index in [-0.39, 0.29) is 18.6 Å². The Morgan fingerprint density at radius 1 is 1.27 bits per heavy atom. The molecule has 26 heavy (non-hydrogen) atoms. The summed E-state index contributed by atoms with van der Waals surface area (Å²) in [5.41, 5.74) is 0.649. The van der Waals surface area contributed by atoms with Gasteiger partial charge in [0.1, 0.15) is 5.75 Å². The third kappa shape index (κ3) is 3.88. The number of nitrogens with zero attached hydrogens (tertiary/aromatic N) is 2. The molecule has 2 aromatic rings. The van der Waals surface area contributed by atoms with Gasteiger partial charge in [-0.2, -0.15) is 4.98 Å². The van der Waals surface area contributed by atoms with Gasteiger partial charge in [0.25, 0.3) is 5.91 Å². The molecule has 2 unspecified atom stereocenters. The Labute approximate surface area is 152 Å². The van der Waals surface area contributed by atoms with Crippen molar-refractivity contribution in [3.05, 3.63) is 41.5 Å². The molecule has 0 spiro atoms. The molecule has 0 saturated carbocycles. The van der Waals surface area contributed by atoms with Crippen molar-refractivity contribution in [3.8, 4) is 5.75 Å². The number of aromatic nitrogens is 2. The summed E-state index contributed by atoms with van der Waals surface area (Å²) >= 11 is 0. The van der Waals surface area contributed by atoms with E-state index in [0.29, 0.717) is 41.5 Å². The molecule has 2 bridgehead atoms. The number of rotatable bonds is 6. The van der Waals surface area contributed by atoms with Crippen molar-refractivity contribution in [1.82, 2.24) is 20.8 Å². The van der Waals surface area contributed by atoms with E-state index in [0.717, 1.165) is 12.8 Å². The number of amides is 1. The van der Waals surface area contributed by atoms with Gasteiger partial charge in [0.2, 0.25) is 11.7 Å². The molecule has 2 saturated heterocycles. The van der Waals surface area contributed by atoms with Gasteiger partial charge in [-0.25, -0.2) is 0 Å². The molecule has 2 N–H and O–H groups in total. The second-order valence-electron chi connectivity index (χ2n) is 7.05. The molecular weight excluding hydrogens is 332 g/mol. The third-order valence-corrected chi connectivity index (χ3v) is 5.11. The van der Waals surface area contributed by atoms with Gasteiger partial charge in [-0.05, 0) is 49.9 Å². The number of benzene rings is 1. The highest BCUT2D eigenvalue weighted by Crippen LogP contribution is 2.27. The number of fused-ring (bicyclic) bond motifs is 2. The van der Waals surface area contributed by atoms with Crippen molar-refractivity contribution in [2.45, 2.75) is 63.8 Å². The SMILES string of the molecule is CCc1nc(COc2ccc(C(=O)NC3CC4CCC(C3)N4)cc2)no1. The van der Waals surface area contributed by atoms with E-state index in [4.69, 9.17) is 9.26 Å². The summed E-state index contributed by atoms with van der Waals surface area (Å²) in [6.45, 7) is 2.20. The first-order valence-electron chi connectivity index (χ1n) is 9.31. The predicted octanol–water partition coefficient (Wildman–Crippen LogP) is 2.22. The standard InChI is InChI=1S/C19H24N4O3/c1-2-18-22-17(23-26-18)11-25-16-7-3-12(4-8-16)19(24)21-15-9-13-5-6-14(10-15)20-13/h3-4,7-8,13-15,20H,2,5-6,9-11H2,1H3,(H,21,24). The van der Waals surface area contributed by atoms with Crippen LogP contribution >= 0.6 is 0 Å². The van der Waals surface area contributed by atoms with Crippen molar-refractivity contribution in [2.24, 2.45) is 0 Å². The van der Waals surface area contributed by atoms with E-state index in [1.807, 2.05) is 6.92 Å². The number of hydrogen-bond donors (Lipinski definition) is 2. The number of piperidine rings is 1. The maximum absolute atomic E-state index is 12.5. The lowest BCUT2D eigenvalue weighted by Crippen LogP contribution is -2.48. The Kier molecular flexibility index (Phi) is 4.88. The quantitative estimate of drug-likeness (QED) is 0.825. The zero-order valence-electron chi connectivity index (χ0n) is 14.9. The second-order valence-corrected chi connectivity index (χ2v) is 7.05. The van der Waals surface area contributed by atoms with Gasteiger partial charge in [0.05, 0.1) is 0 Å². The van der Waals surface area contributed by atoms with Crippen LogP contribution in [0.5, 0.6) is 5.75 Å². The second kappa shape index (κ2) is 7.45. The summed E-state index contributed by atoms with van der Waals surface area (Å²) in [5.74, 6) is 1.77. The van der Waals surface area contributed by atoms with Crippen LogP contribution in [0, 0.1) is 0 Å². The summed E-state index contributed by atoms with van der Waals surface area (Å²) in [6.07, 6.45) is 5.20. The molecule has 0 radical (unpaired) electrons. The van der Waals surface area contributed by atoms with Crippen LogP contribution in [0.3, 0.4) is 0 Å². The van der Waals surface area contributed by atoms with Crippen LogP contribution in [-0.2, 0) is 13.0 Å². The monoisotopic (exact) mass is 356 g/mol. The molecule has 2 fully saturated rings. The van der Waals surface area contributed by atoms with Crippen LogP contribution in [0.1, 0.15) is 54.7 Å². The highest BCUT2D eigenvalue weighted by atomic mass is 16.5. The van der Waals surface area contributed by atoms with E-state index < -0.39 is 0 Å². The molecule has 138 valence electrons.